The minimum absolute atomic E-state index is 0.0898. The Morgan fingerprint density at radius 3 is 2.67 bits per heavy atom. The van der Waals surface area contributed by atoms with Crippen LogP contribution in [-0.4, -0.2) is 61.2 Å². The molecule has 0 N–H and O–H groups in total. The number of carbonyl (C=O) groups excluding carboxylic acids is 1. The summed E-state index contributed by atoms with van der Waals surface area (Å²) >= 11 is 1.89. The van der Waals surface area contributed by atoms with Crippen molar-refractivity contribution in [2.45, 2.75) is 31.1 Å². The number of hydrogen-bond acceptors (Lipinski definition) is 4. The van der Waals surface area contributed by atoms with E-state index in [1.54, 1.807) is 11.8 Å². The Morgan fingerprint density at radius 1 is 1.21 bits per heavy atom. The van der Waals surface area contributed by atoms with E-state index in [0.717, 1.165) is 12.0 Å². The van der Waals surface area contributed by atoms with E-state index in [1.807, 2.05) is 17.8 Å². The van der Waals surface area contributed by atoms with Crippen LogP contribution in [0, 0.1) is 0 Å². The first-order chi connectivity index (χ1) is 11.5. The molecule has 3 rings (SSSR count). The van der Waals surface area contributed by atoms with Crippen LogP contribution in [0.3, 0.4) is 0 Å². The molecule has 7 heteroatoms. The van der Waals surface area contributed by atoms with Crippen molar-refractivity contribution < 1.29 is 13.2 Å². The van der Waals surface area contributed by atoms with Gasteiger partial charge in [-0.3, -0.25) is 4.79 Å². The fourth-order valence-corrected chi connectivity index (χ4v) is 5.31. The third-order valence-electron chi connectivity index (χ3n) is 4.68. The monoisotopic (exact) mass is 368 g/mol. The van der Waals surface area contributed by atoms with Crippen LogP contribution in [0.15, 0.2) is 23.1 Å². The minimum Gasteiger partial charge on any atom is -0.340 e. The number of aryl methyl sites for hydroxylation is 1. The number of fused-ring (bicyclic) bond motifs is 1. The highest BCUT2D eigenvalue weighted by molar-refractivity contribution is 7.99. The molecule has 0 unspecified atom stereocenters. The lowest BCUT2D eigenvalue weighted by molar-refractivity contribution is -0.131. The summed E-state index contributed by atoms with van der Waals surface area (Å²) in [6, 6.07) is 6.34. The Balaban J connectivity index is 1.58. The molecular weight excluding hydrogens is 344 g/mol. The predicted molar refractivity (Wildman–Crippen MR) is 96.8 cm³/mol. The lowest BCUT2D eigenvalue weighted by atomic mass is 10.0. The Kier molecular flexibility index (Phi) is 5.52. The Labute approximate surface area is 148 Å². The summed E-state index contributed by atoms with van der Waals surface area (Å²) < 4.78 is 25.3. The van der Waals surface area contributed by atoms with Crippen LogP contribution >= 0.6 is 11.8 Å². The number of piperazine rings is 1. The summed E-state index contributed by atoms with van der Waals surface area (Å²) in [5.41, 5.74) is 2.42. The molecule has 0 aromatic heterocycles. The van der Waals surface area contributed by atoms with Crippen molar-refractivity contribution in [3.05, 3.63) is 29.3 Å². The van der Waals surface area contributed by atoms with Crippen molar-refractivity contribution in [2.24, 2.45) is 0 Å². The zero-order chi connectivity index (χ0) is 17.2. The summed E-state index contributed by atoms with van der Waals surface area (Å²) in [6.07, 6.45) is 2.69. The van der Waals surface area contributed by atoms with E-state index >= 15 is 0 Å². The van der Waals surface area contributed by atoms with E-state index in [-0.39, 0.29) is 11.7 Å². The third-order valence-corrected chi connectivity index (χ3v) is 7.76. The molecule has 1 aromatic carbocycles. The molecule has 132 valence electrons. The maximum atomic E-state index is 12.5. The van der Waals surface area contributed by atoms with Gasteiger partial charge in [0, 0.05) is 31.1 Å². The van der Waals surface area contributed by atoms with Gasteiger partial charge in [0.2, 0.25) is 15.9 Å². The van der Waals surface area contributed by atoms with Gasteiger partial charge in [0.15, 0.2) is 0 Å². The van der Waals surface area contributed by atoms with Crippen molar-refractivity contribution in [1.82, 2.24) is 9.21 Å². The van der Waals surface area contributed by atoms with E-state index < -0.39 is 10.0 Å². The van der Waals surface area contributed by atoms with Gasteiger partial charge in [-0.15, -0.1) is 11.8 Å². The average molecular weight is 369 g/mol. The molecule has 0 atom stereocenters. The van der Waals surface area contributed by atoms with Gasteiger partial charge in [-0.25, -0.2) is 8.42 Å². The number of nitrogens with zero attached hydrogens (tertiary/aromatic N) is 2. The van der Waals surface area contributed by atoms with Gasteiger partial charge in [0.05, 0.1) is 12.2 Å². The quantitative estimate of drug-likeness (QED) is 0.813. The maximum absolute atomic E-state index is 12.5. The molecule has 0 radical (unpaired) electrons. The molecule has 1 fully saturated rings. The summed E-state index contributed by atoms with van der Waals surface area (Å²) in [5.74, 6) is 1.39. The molecule has 1 amide bonds. The molecule has 2 aliphatic rings. The highest BCUT2D eigenvalue weighted by atomic mass is 32.2. The number of benzene rings is 1. The molecule has 24 heavy (non-hydrogen) atoms. The van der Waals surface area contributed by atoms with Gasteiger partial charge in [0.25, 0.3) is 0 Å². The van der Waals surface area contributed by atoms with E-state index in [0.29, 0.717) is 32.6 Å². The second-order valence-corrected chi connectivity index (χ2v) is 9.65. The number of carbonyl (C=O) groups is 1. The summed E-state index contributed by atoms with van der Waals surface area (Å²) in [5, 5.41) is 0. The maximum Gasteiger partial charge on any atom is 0.227 e. The molecule has 1 aromatic rings. The van der Waals surface area contributed by atoms with Gasteiger partial charge in [0.1, 0.15) is 0 Å². The standard InChI is InChI=1S/C17H24N2O3S2/c1-2-24(21,22)19-9-7-18(8-10-19)17(20)13-14-5-6-16-15(12-14)4-3-11-23-16/h5-6,12H,2-4,7-11,13H2,1H3. The predicted octanol–water partition coefficient (Wildman–Crippen LogP) is 1.76. The van der Waals surface area contributed by atoms with Crippen LogP contribution in [-0.2, 0) is 27.7 Å². The van der Waals surface area contributed by atoms with E-state index in [2.05, 4.69) is 12.1 Å². The highest BCUT2D eigenvalue weighted by Gasteiger charge is 2.27. The number of thioether (sulfide) groups is 1. The molecule has 0 spiro atoms. The van der Waals surface area contributed by atoms with Gasteiger partial charge >= 0.3 is 0 Å². The van der Waals surface area contributed by atoms with Crippen LogP contribution in [0.2, 0.25) is 0 Å². The summed E-state index contributed by atoms with van der Waals surface area (Å²) in [6.45, 7) is 3.43. The van der Waals surface area contributed by atoms with Crippen molar-refractivity contribution in [1.29, 1.82) is 0 Å². The molecule has 0 saturated carbocycles. The second-order valence-electron chi connectivity index (χ2n) is 6.25. The Morgan fingerprint density at radius 2 is 1.96 bits per heavy atom. The second kappa shape index (κ2) is 7.45. The minimum atomic E-state index is -3.15. The van der Waals surface area contributed by atoms with Gasteiger partial charge in [-0.2, -0.15) is 4.31 Å². The zero-order valence-corrected chi connectivity index (χ0v) is 15.7. The average Bonchev–Trinajstić information content (AvgIpc) is 2.61. The molecule has 5 nitrogen and oxygen atoms in total. The largest absolute Gasteiger partial charge is 0.340 e. The number of sulfonamides is 1. The lowest BCUT2D eigenvalue weighted by Crippen LogP contribution is -2.51. The van der Waals surface area contributed by atoms with Crippen LogP contribution in [0.5, 0.6) is 0 Å². The van der Waals surface area contributed by atoms with Gasteiger partial charge in [-0.05, 0) is 42.7 Å². The molecule has 0 bridgehead atoms. The molecule has 1 saturated heterocycles. The lowest BCUT2D eigenvalue weighted by Gasteiger charge is -2.34. The normalized spacial score (nSPS) is 19.1. The molecular formula is C17H24N2O3S2. The van der Waals surface area contributed by atoms with E-state index in [4.69, 9.17) is 0 Å². The third kappa shape index (κ3) is 3.95. The first-order valence-electron chi connectivity index (χ1n) is 8.50. The fourth-order valence-electron chi connectivity index (χ4n) is 3.21. The van der Waals surface area contributed by atoms with Gasteiger partial charge in [-0.1, -0.05) is 12.1 Å². The SMILES string of the molecule is CCS(=O)(=O)N1CCN(C(=O)Cc2ccc3c(c2)CCCS3)CC1. The van der Waals surface area contributed by atoms with Crippen LogP contribution in [0.1, 0.15) is 24.5 Å². The van der Waals surface area contributed by atoms with Crippen molar-refractivity contribution in [2.75, 3.05) is 37.7 Å². The molecule has 0 aliphatic carbocycles. The number of amides is 1. The van der Waals surface area contributed by atoms with Crippen molar-refractivity contribution in [3.63, 3.8) is 0 Å². The smallest absolute Gasteiger partial charge is 0.227 e. The summed E-state index contributed by atoms with van der Waals surface area (Å²) in [4.78, 5) is 15.6. The van der Waals surface area contributed by atoms with E-state index in [9.17, 15) is 13.2 Å². The number of rotatable bonds is 4. The van der Waals surface area contributed by atoms with Gasteiger partial charge < -0.3 is 4.90 Å². The van der Waals surface area contributed by atoms with Crippen LogP contribution in [0.25, 0.3) is 0 Å². The zero-order valence-electron chi connectivity index (χ0n) is 14.0. The Hall–Kier alpha value is -1.05. The van der Waals surface area contributed by atoms with Crippen molar-refractivity contribution >= 4 is 27.7 Å². The number of hydrogen-bond donors (Lipinski definition) is 0. The van der Waals surface area contributed by atoms with Crippen LogP contribution < -0.4 is 0 Å². The Bertz CT molecular complexity index is 711. The van der Waals surface area contributed by atoms with Crippen molar-refractivity contribution in [3.8, 4) is 0 Å². The first-order valence-corrected chi connectivity index (χ1v) is 11.1. The van der Waals surface area contributed by atoms with Crippen LogP contribution in [0.4, 0.5) is 0 Å². The topological polar surface area (TPSA) is 57.7 Å². The first kappa shape index (κ1) is 17.8. The van der Waals surface area contributed by atoms with E-state index in [1.165, 1.54) is 26.9 Å². The molecule has 2 aliphatic heterocycles. The summed E-state index contributed by atoms with van der Waals surface area (Å²) in [7, 11) is -3.15. The molecule has 2 heterocycles. The highest BCUT2D eigenvalue weighted by Crippen LogP contribution is 2.30. The fraction of sp³-hybridized carbons (Fsp3) is 0.588.